The fourth-order valence-corrected chi connectivity index (χ4v) is 6.06. The Kier molecular flexibility index (Phi) is 7.76. The van der Waals surface area contributed by atoms with Crippen LogP contribution in [0.25, 0.3) is 12.2 Å². The number of rotatable bonds is 8. The maximum absolute atomic E-state index is 13.5. The van der Waals surface area contributed by atoms with E-state index in [4.69, 9.17) is 0 Å². The van der Waals surface area contributed by atoms with E-state index in [1.165, 1.54) is 16.9 Å². The number of hydrogen-bond donors (Lipinski definition) is 2. The fourth-order valence-electron chi connectivity index (χ4n) is 4.72. The second kappa shape index (κ2) is 11.4. The number of thiophene rings is 1. The van der Waals surface area contributed by atoms with Gasteiger partial charge in [0.25, 0.3) is 5.91 Å². The molecule has 0 aliphatic carbocycles. The molecule has 0 radical (unpaired) electrons. The molecule has 1 aromatic heterocycles. The Morgan fingerprint density at radius 3 is 2.68 bits per heavy atom. The summed E-state index contributed by atoms with van der Waals surface area (Å²) >= 11 is 3.43. The number of hydrogen-bond acceptors (Lipinski definition) is 5. The summed E-state index contributed by atoms with van der Waals surface area (Å²) in [5.74, 6) is 1.61. The van der Waals surface area contributed by atoms with Crippen molar-refractivity contribution in [1.82, 2.24) is 10.2 Å². The molecule has 3 aromatic rings. The third-order valence-electron chi connectivity index (χ3n) is 6.60. The summed E-state index contributed by atoms with van der Waals surface area (Å²) < 4.78 is 0. The van der Waals surface area contributed by atoms with Gasteiger partial charge in [0.05, 0.1) is 17.7 Å². The lowest BCUT2D eigenvalue weighted by Crippen LogP contribution is -2.41. The average molecular weight is 532 g/mol. The number of thioether (sulfide) groups is 1. The van der Waals surface area contributed by atoms with E-state index in [0.29, 0.717) is 30.6 Å². The summed E-state index contributed by atoms with van der Waals surface area (Å²) in [4.78, 5) is 41.5. The zero-order chi connectivity index (χ0) is 25.8. The van der Waals surface area contributed by atoms with Crippen LogP contribution in [-0.2, 0) is 21.8 Å². The molecule has 190 valence electrons. The van der Waals surface area contributed by atoms with Crippen LogP contribution in [0.2, 0.25) is 0 Å². The zero-order valence-electron chi connectivity index (χ0n) is 20.6. The molecule has 1 saturated heterocycles. The van der Waals surface area contributed by atoms with Gasteiger partial charge < -0.3 is 15.5 Å². The Labute approximate surface area is 225 Å². The topological polar surface area (TPSA) is 78.5 Å². The molecule has 2 unspecified atom stereocenters. The normalized spacial score (nSPS) is 18.9. The standard InChI is InChI=1S/C29H29N3O3S2/c1-2-36-18-21-9-6-19(7-10-21)5-8-20-11-12-25-24(14-20)29(35)32-17-22(15-26(32)28(34)31-25)30-27(33)16-23-4-3-13-37-23/h3-14,22,26H,2,15-18H2,1H3,(H,30,33)(H,31,34). The van der Waals surface area contributed by atoms with Gasteiger partial charge in [-0.3, -0.25) is 14.4 Å². The monoisotopic (exact) mass is 531 g/mol. The van der Waals surface area contributed by atoms with Gasteiger partial charge in [-0.1, -0.05) is 55.5 Å². The van der Waals surface area contributed by atoms with Crippen LogP contribution in [-0.4, -0.2) is 47.0 Å². The predicted octanol–water partition coefficient (Wildman–Crippen LogP) is 5.07. The van der Waals surface area contributed by atoms with Gasteiger partial charge in [0.1, 0.15) is 6.04 Å². The van der Waals surface area contributed by atoms with E-state index in [2.05, 4.69) is 41.8 Å². The number of benzene rings is 2. The predicted molar refractivity (Wildman–Crippen MR) is 152 cm³/mol. The number of carbonyl (C=O) groups is 3. The number of fused-ring (bicyclic) bond motifs is 2. The second-order valence-corrected chi connectivity index (χ2v) is 11.5. The quantitative estimate of drug-likeness (QED) is 0.398. The van der Waals surface area contributed by atoms with E-state index in [1.807, 2.05) is 53.6 Å². The van der Waals surface area contributed by atoms with Gasteiger partial charge >= 0.3 is 0 Å². The van der Waals surface area contributed by atoms with Crippen LogP contribution < -0.4 is 10.6 Å². The number of nitrogens with one attached hydrogen (secondary N) is 2. The Balaban J connectivity index is 1.28. The zero-order valence-corrected chi connectivity index (χ0v) is 22.2. The lowest BCUT2D eigenvalue weighted by molar-refractivity contribution is -0.121. The second-order valence-electron chi connectivity index (χ2n) is 9.24. The van der Waals surface area contributed by atoms with Crippen molar-refractivity contribution in [3.05, 3.63) is 87.1 Å². The first-order valence-corrected chi connectivity index (χ1v) is 14.5. The molecule has 2 N–H and O–H groups in total. The van der Waals surface area contributed by atoms with Gasteiger partial charge in [-0.15, -0.1) is 11.3 Å². The fraction of sp³-hybridized carbons (Fsp3) is 0.276. The molecule has 3 amide bonds. The van der Waals surface area contributed by atoms with Crippen LogP contribution >= 0.6 is 23.1 Å². The summed E-state index contributed by atoms with van der Waals surface area (Å²) in [6.45, 7) is 2.47. The molecule has 0 saturated carbocycles. The summed E-state index contributed by atoms with van der Waals surface area (Å²) in [6.07, 6.45) is 4.71. The number of amides is 3. The SMILES string of the molecule is CCSCc1ccc(C=Cc2ccc3c(c2)C(=O)N2CC(NC(=O)Cc4cccs4)CC2C(=O)N3)cc1. The van der Waals surface area contributed by atoms with Crippen molar-refractivity contribution in [3.8, 4) is 0 Å². The Bertz CT molecular complexity index is 1320. The first-order chi connectivity index (χ1) is 18.0. The van der Waals surface area contributed by atoms with Crippen LogP contribution in [0.15, 0.2) is 60.0 Å². The first kappa shape index (κ1) is 25.3. The first-order valence-electron chi connectivity index (χ1n) is 12.4. The summed E-state index contributed by atoms with van der Waals surface area (Å²) in [7, 11) is 0. The molecule has 2 aliphatic heterocycles. The Morgan fingerprint density at radius 2 is 1.92 bits per heavy atom. The largest absolute Gasteiger partial charge is 0.351 e. The van der Waals surface area contributed by atoms with Crippen LogP contribution in [0.3, 0.4) is 0 Å². The maximum atomic E-state index is 13.5. The average Bonchev–Trinajstić information content (AvgIpc) is 3.55. The Hall–Kier alpha value is -3.36. The third-order valence-corrected chi connectivity index (χ3v) is 8.42. The molecule has 0 bridgehead atoms. The summed E-state index contributed by atoms with van der Waals surface area (Å²) in [5, 5.41) is 7.86. The molecular weight excluding hydrogens is 502 g/mol. The van der Waals surface area contributed by atoms with Crippen molar-refractivity contribution in [3.63, 3.8) is 0 Å². The van der Waals surface area contributed by atoms with Gasteiger partial charge in [0, 0.05) is 23.2 Å². The van der Waals surface area contributed by atoms with Gasteiger partial charge in [-0.25, -0.2) is 0 Å². The van der Waals surface area contributed by atoms with Gasteiger partial charge in [0.15, 0.2) is 0 Å². The molecule has 5 rings (SSSR count). The molecule has 37 heavy (non-hydrogen) atoms. The van der Waals surface area contributed by atoms with E-state index in [0.717, 1.165) is 27.5 Å². The Morgan fingerprint density at radius 1 is 1.14 bits per heavy atom. The van der Waals surface area contributed by atoms with Crippen molar-refractivity contribution in [2.45, 2.75) is 37.6 Å². The van der Waals surface area contributed by atoms with E-state index in [-0.39, 0.29) is 23.8 Å². The minimum atomic E-state index is -0.602. The van der Waals surface area contributed by atoms with Crippen LogP contribution in [0.4, 0.5) is 5.69 Å². The molecule has 6 nitrogen and oxygen atoms in total. The molecule has 2 atom stereocenters. The summed E-state index contributed by atoms with van der Waals surface area (Å²) in [6, 6.07) is 17.0. The highest BCUT2D eigenvalue weighted by molar-refractivity contribution is 7.98. The van der Waals surface area contributed by atoms with Gasteiger partial charge in [0.2, 0.25) is 11.8 Å². The van der Waals surface area contributed by atoms with Crippen molar-refractivity contribution in [1.29, 1.82) is 0 Å². The molecule has 0 spiro atoms. The smallest absolute Gasteiger partial charge is 0.256 e. The van der Waals surface area contributed by atoms with Gasteiger partial charge in [-0.05, 0) is 52.4 Å². The maximum Gasteiger partial charge on any atom is 0.256 e. The van der Waals surface area contributed by atoms with Crippen molar-refractivity contribution in [2.75, 3.05) is 17.6 Å². The molecular formula is C29H29N3O3S2. The lowest BCUT2D eigenvalue weighted by Gasteiger charge is -2.20. The molecule has 2 aliphatic rings. The van der Waals surface area contributed by atoms with Crippen LogP contribution in [0.5, 0.6) is 0 Å². The highest BCUT2D eigenvalue weighted by Crippen LogP contribution is 2.30. The van der Waals surface area contributed by atoms with Crippen LogP contribution in [0, 0.1) is 0 Å². The van der Waals surface area contributed by atoms with E-state index < -0.39 is 6.04 Å². The highest BCUT2D eigenvalue weighted by atomic mass is 32.2. The number of anilines is 1. The number of nitrogens with zero attached hydrogens (tertiary/aromatic N) is 1. The minimum absolute atomic E-state index is 0.0945. The summed E-state index contributed by atoms with van der Waals surface area (Å²) in [5.41, 5.74) is 4.26. The van der Waals surface area contributed by atoms with Crippen LogP contribution in [0.1, 0.15) is 45.3 Å². The molecule has 3 heterocycles. The molecule has 2 aromatic carbocycles. The number of carbonyl (C=O) groups excluding carboxylic acids is 3. The third kappa shape index (κ3) is 5.97. The molecule has 8 heteroatoms. The van der Waals surface area contributed by atoms with Gasteiger partial charge in [-0.2, -0.15) is 11.8 Å². The minimum Gasteiger partial charge on any atom is -0.351 e. The van der Waals surface area contributed by atoms with Crippen molar-refractivity contribution >= 4 is 58.7 Å². The van der Waals surface area contributed by atoms with E-state index in [9.17, 15) is 14.4 Å². The van der Waals surface area contributed by atoms with Crippen molar-refractivity contribution < 1.29 is 14.4 Å². The molecule has 1 fully saturated rings. The lowest BCUT2D eigenvalue weighted by atomic mass is 10.1. The highest BCUT2D eigenvalue weighted by Gasteiger charge is 2.43. The van der Waals surface area contributed by atoms with Crippen molar-refractivity contribution in [2.24, 2.45) is 0 Å². The van der Waals surface area contributed by atoms with E-state index in [1.54, 1.807) is 11.0 Å². The van der Waals surface area contributed by atoms with E-state index >= 15 is 0 Å².